The van der Waals surface area contributed by atoms with E-state index in [9.17, 15) is 14.4 Å². The predicted molar refractivity (Wildman–Crippen MR) is 96.8 cm³/mol. The molecule has 0 spiro atoms. The van der Waals surface area contributed by atoms with E-state index in [0.717, 1.165) is 12.8 Å². The third-order valence-corrected chi connectivity index (χ3v) is 4.78. The molecule has 2 aliphatic heterocycles. The molecule has 2 aliphatic rings. The first-order chi connectivity index (χ1) is 12.9. The van der Waals surface area contributed by atoms with Crippen molar-refractivity contribution in [3.05, 3.63) is 52.2 Å². The molecule has 2 heterocycles. The van der Waals surface area contributed by atoms with Gasteiger partial charge in [0.15, 0.2) is 0 Å². The van der Waals surface area contributed by atoms with Crippen LogP contribution in [0.3, 0.4) is 0 Å². The van der Waals surface area contributed by atoms with Crippen molar-refractivity contribution in [2.75, 3.05) is 20.3 Å². The molecule has 0 unspecified atom stereocenters. The molecular formula is C20H21NO6. The van der Waals surface area contributed by atoms with Crippen LogP contribution >= 0.6 is 0 Å². The van der Waals surface area contributed by atoms with E-state index in [2.05, 4.69) is 0 Å². The van der Waals surface area contributed by atoms with Gasteiger partial charge in [-0.3, -0.25) is 4.79 Å². The van der Waals surface area contributed by atoms with Crippen LogP contribution in [0.2, 0.25) is 0 Å². The molecule has 0 aliphatic carbocycles. The van der Waals surface area contributed by atoms with E-state index in [1.54, 1.807) is 30.0 Å². The summed E-state index contributed by atoms with van der Waals surface area (Å²) in [4.78, 5) is 37.8. The van der Waals surface area contributed by atoms with Gasteiger partial charge >= 0.3 is 11.9 Å². The van der Waals surface area contributed by atoms with Gasteiger partial charge in [0.2, 0.25) is 0 Å². The minimum absolute atomic E-state index is 0.0444. The summed E-state index contributed by atoms with van der Waals surface area (Å²) >= 11 is 0. The van der Waals surface area contributed by atoms with Crippen LogP contribution in [0.5, 0.6) is 0 Å². The summed E-state index contributed by atoms with van der Waals surface area (Å²) in [6.45, 7) is 2.78. The first kappa shape index (κ1) is 18.8. The van der Waals surface area contributed by atoms with E-state index < -0.39 is 11.9 Å². The molecule has 1 saturated heterocycles. The lowest BCUT2D eigenvalue weighted by atomic mass is 10.0. The molecule has 1 aromatic rings. The predicted octanol–water partition coefficient (Wildman–Crippen LogP) is 2.24. The van der Waals surface area contributed by atoms with Crippen LogP contribution in [0.25, 0.3) is 6.08 Å². The number of amides is 1. The summed E-state index contributed by atoms with van der Waals surface area (Å²) in [6, 6.07) is 6.09. The van der Waals surface area contributed by atoms with Crippen molar-refractivity contribution in [2.24, 2.45) is 0 Å². The lowest BCUT2D eigenvalue weighted by Gasteiger charge is -2.21. The van der Waals surface area contributed by atoms with Crippen LogP contribution in [0, 0.1) is 0 Å². The maximum absolute atomic E-state index is 13.0. The second kappa shape index (κ2) is 7.75. The molecule has 7 nitrogen and oxygen atoms in total. The Balaban J connectivity index is 1.95. The maximum atomic E-state index is 13.0. The number of methoxy groups -OCH3 is 1. The molecule has 0 radical (unpaired) electrons. The largest absolute Gasteiger partial charge is 0.478 e. The summed E-state index contributed by atoms with van der Waals surface area (Å²) < 4.78 is 10.5. The number of benzene rings is 1. The lowest BCUT2D eigenvalue weighted by Crippen LogP contribution is -2.33. The van der Waals surface area contributed by atoms with Gasteiger partial charge in [0.25, 0.3) is 5.91 Å². The highest BCUT2D eigenvalue weighted by molar-refractivity contribution is 6.16. The molecule has 27 heavy (non-hydrogen) atoms. The van der Waals surface area contributed by atoms with Gasteiger partial charge in [-0.15, -0.1) is 0 Å². The zero-order chi connectivity index (χ0) is 19.6. The van der Waals surface area contributed by atoms with Gasteiger partial charge in [-0.2, -0.15) is 0 Å². The molecule has 7 heteroatoms. The summed E-state index contributed by atoms with van der Waals surface area (Å²) in [7, 11) is 1.27. The van der Waals surface area contributed by atoms with Gasteiger partial charge in [-0.1, -0.05) is 12.1 Å². The highest BCUT2D eigenvalue weighted by atomic mass is 16.5. The van der Waals surface area contributed by atoms with Crippen LogP contribution in [0.15, 0.2) is 41.1 Å². The van der Waals surface area contributed by atoms with Crippen molar-refractivity contribution in [2.45, 2.75) is 25.9 Å². The van der Waals surface area contributed by atoms with Crippen molar-refractivity contribution in [1.29, 1.82) is 0 Å². The molecule has 1 N–H and O–H groups in total. The van der Waals surface area contributed by atoms with Gasteiger partial charge in [-0.25, -0.2) is 9.59 Å². The third-order valence-electron chi connectivity index (χ3n) is 4.78. The standard InChI is InChI=1S/C20H21NO6/c1-12-17(20(25)26-2)16(10-13-5-7-14(8-6-13)19(23)24)18(22)21(12)11-15-4-3-9-27-15/h5-8,10,15H,3-4,9,11H2,1-2H3,(H,23,24)/b16-10-/t15-/m1/s1. The number of carbonyl (C=O) groups is 3. The minimum atomic E-state index is -1.03. The van der Waals surface area contributed by atoms with Crippen LogP contribution in [-0.4, -0.2) is 54.2 Å². The van der Waals surface area contributed by atoms with Crippen LogP contribution in [0.1, 0.15) is 35.7 Å². The smallest absolute Gasteiger partial charge is 0.340 e. The van der Waals surface area contributed by atoms with Gasteiger partial charge in [0.1, 0.15) is 0 Å². The average Bonchev–Trinajstić information content (AvgIpc) is 3.25. The van der Waals surface area contributed by atoms with Crippen molar-refractivity contribution < 1.29 is 29.0 Å². The normalized spacial score (nSPS) is 21.3. The van der Waals surface area contributed by atoms with Crippen molar-refractivity contribution >= 4 is 23.9 Å². The first-order valence-corrected chi connectivity index (χ1v) is 8.70. The Labute approximate surface area is 156 Å². The molecule has 0 saturated carbocycles. The van der Waals surface area contributed by atoms with Gasteiger partial charge in [0, 0.05) is 12.3 Å². The zero-order valence-electron chi connectivity index (χ0n) is 15.2. The first-order valence-electron chi connectivity index (χ1n) is 8.70. The Kier molecular flexibility index (Phi) is 5.41. The number of nitrogens with zero attached hydrogens (tertiary/aromatic N) is 1. The Morgan fingerprint density at radius 1 is 1.33 bits per heavy atom. The van der Waals surface area contributed by atoms with E-state index in [0.29, 0.717) is 24.4 Å². The number of rotatable bonds is 5. The van der Waals surface area contributed by atoms with E-state index in [-0.39, 0.29) is 28.7 Å². The number of hydrogen-bond acceptors (Lipinski definition) is 5. The van der Waals surface area contributed by atoms with Crippen LogP contribution < -0.4 is 0 Å². The highest BCUT2D eigenvalue weighted by Crippen LogP contribution is 2.32. The number of carboxylic acid groups (broad SMARTS) is 1. The molecule has 1 amide bonds. The highest BCUT2D eigenvalue weighted by Gasteiger charge is 2.38. The Morgan fingerprint density at radius 3 is 2.59 bits per heavy atom. The van der Waals surface area contributed by atoms with Gasteiger partial charge < -0.3 is 19.5 Å². The summed E-state index contributed by atoms with van der Waals surface area (Å²) in [5.41, 5.74) is 1.77. The minimum Gasteiger partial charge on any atom is -0.478 e. The number of allylic oxidation sites excluding steroid dienone is 1. The molecule has 1 fully saturated rings. The van der Waals surface area contributed by atoms with E-state index in [4.69, 9.17) is 14.6 Å². The Hall–Kier alpha value is -2.93. The fraction of sp³-hybridized carbons (Fsp3) is 0.350. The third kappa shape index (κ3) is 3.78. The van der Waals surface area contributed by atoms with Crippen molar-refractivity contribution in [1.82, 2.24) is 4.90 Å². The number of carboxylic acids is 1. The zero-order valence-corrected chi connectivity index (χ0v) is 15.2. The van der Waals surface area contributed by atoms with E-state index >= 15 is 0 Å². The number of hydrogen-bond donors (Lipinski definition) is 1. The molecule has 0 bridgehead atoms. The Bertz CT molecular complexity index is 831. The van der Waals surface area contributed by atoms with Crippen molar-refractivity contribution in [3.8, 4) is 0 Å². The van der Waals surface area contributed by atoms with Crippen LogP contribution in [-0.2, 0) is 19.1 Å². The number of ether oxygens (including phenoxy) is 2. The molecule has 142 valence electrons. The molecule has 1 aromatic carbocycles. The quantitative estimate of drug-likeness (QED) is 0.630. The number of aromatic carboxylic acids is 1. The number of carbonyl (C=O) groups excluding carboxylic acids is 2. The number of esters is 1. The summed E-state index contributed by atoms with van der Waals surface area (Å²) in [6.07, 6.45) is 3.37. The second-order valence-corrected chi connectivity index (χ2v) is 6.49. The van der Waals surface area contributed by atoms with Gasteiger partial charge in [-0.05, 0) is 43.5 Å². The maximum Gasteiger partial charge on any atom is 0.340 e. The topological polar surface area (TPSA) is 93.1 Å². The van der Waals surface area contributed by atoms with Gasteiger partial charge in [0.05, 0.1) is 36.5 Å². The fourth-order valence-corrected chi connectivity index (χ4v) is 3.33. The molecule has 0 aromatic heterocycles. The molecule has 3 rings (SSSR count). The fourth-order valence-electron chi connectivity index (χ4n) is 3.33. The lowest BCUT2D eigenvalue weighted by molar-refractivity contribution is -0.136. The SMILES string of the molecule is COC(=O)C1=C(C)N(C[C@H]2CCCO2)C(=O)/C1=C\c1ccc(C(=O)O)cc1. The van der Waals surface area contributed by atoms with E-state index in [1.165, 1.54) is 19.2 Å². The average molecular weight is 371 g/mol. The molecular weight excluding hydrogens is 350 g/mol. The molecule has 1 atom stereocenters. The Morgan fingerprint density at radius 2 is 2.04 bits per heavy atom. The summed E-state index contributed by atoms with van der Waals surface area (Å²) in [5.74, 6) is -1.89. The summed E-state index contributed by atoms with van der Waals surface area (Å²) in [5, 5.41) is 9.00. The second-order valence-electron chi connectivity index (χ2n) is 6.49. The van der Waals surface area contributed by atoms with Crippen LogP contribution in [0.4, 0.5) is 0 Å². The van der Waals surface area contributed by atoms with Crippen molar-refractivity contribution in [3.63, 3.8) is 0 Å². The van der Waals surface area contributed by atoms with E-state index in [1.807, 2.05) is 0 Å². The monoisotopic (exact) mass is 371 g/mol.